The van der Waals surface area contributed by atoms with Gasteiger partial charge < -0.3 is 0 Å². The summed E-state index contributed by atoms with van der Waals surface area (Å²) in [6.07, 6.45) is 12.4. The van der Waals surface area contributed by atoms with E-state index in [-0.39, 0.29) is 0 Å². The molecule has 28 heavy (non-hydrogen) atoms. The average Bonchev–Trinajstić information content (AvgIpc) is 3.10. The Morgan fingerprint density at radius 2 is 1.46 bits per heavy atom. The fourth-order valence-corrected chi connectivity index (χ4v) is 12.3. The second-order valence-electron chi connectivity index (χ2n) is 9.09. The van der Waals surface area contributed by atoms with E-state index in [1.165, 1.54) is 50.5 Å². The van der Waals surface area contributed by atoms with Crippen molar-refractivity contribution < 1.29 is 22.9 Å². The van der Waals surface area contributed by atoms with Crippen molar-refractivity contribution in [3.63, 3.8) is 0 Å². The standard InChI is InChI=1S/C17H23.C10H15.Hf/c1-2-3-4-5-6-7-10-15-13-14-16-11-8-9-12-17(15)16;1-6-7(2)9(4)10(5)8(6)3;/h8-9,11-12,14-15H,2-7,10H2,1H3;1-5H3;. The predicted octanol–water partition coefficient (Wildman–Crippen LogP) is 8.82. The van der Waals surface area contributed by atoms with Crippen molar-refractivity contribution in [2.75, 3.05) is 0 Å². The average molecular weight is 541 g/mol. The van der Waals surface area contributed by atoms with E-state index in [0.29, 0.717) is 9.09 Å². The molecule has 0 saturated heterocycles. The van der Waals surface area contributed by atoms with Gasteiger partial charge in [0.15, 0.2) is 0 Å². The van der Waals surface area contributed by atoms with E-state index in [9.17, 15) is 0 Å². The van der Waals surface area contributed by atoms with Gasteiger partial charge in [-0.05, 0) is 0 Å². The van der Waals surface area contributed by atoms with E-state index in [4.69, 9.17) is 0 Å². The molecule has 1 heteroatoms. The third-order valence-electron chi connectivity index (χ3n) is 7.49. The fourth-order valence-electron chi connectivity index (χ4n) is 5.03. The topological polar surface area (TPSA) is 0 Å². The first-order chi connectivity index (χ1) is 13.4. The van der Waals surface area contributed by atoms with Crippen molar-refractivity contribution in [2.24, 2.45) is 0 Å². The van der Waals surface area contributed by atoms with E-state index in [1.807, 2.05) is 3.33 Å². The minimum absolute atomic E-state index is 0.390. The number of rotatable bonds is 9. The van der Waals surface area contributed by atoms with Crippen LogP contribution >= 0.6 is 0 Å². The van der Waals surface area contributed by atoms with Crippen LogP contribution in [0.2, 0.25) is 3.17 Å². The molecule has 0 spiro atoms. The van der Waals surface area contributed by atoms with Gasteiger partial charge in [0.2, 0.25) is 0 Å². The van der Waals surface area contributed by atoms with Crippen molar-refractivity contribution in [1.82, 2.24) is 0 Å². The van der Waals surface area contributed by atoms with Crippen LogP contribution in [0.1, 0.15) is 104 Å². The second kappa shape index (κ2) is 9.42. The van der Waals surface area contributed by atoms with Crippen molar-refractivity contribution in [1.29, 1.82) is 0 Å². The van der Waals surface area contributed by atoms with E-state index >= 15 is 0 Å². The second-order valence-corrected chi connectivity index (χ2v) is 15.7. The molecule has 3 rings (SSSR count). The summed E-state index contributed by atoms with van der Waals surface area (Å²) in [6.45, 7) is 14.4. The van der Waals surface area contributed by atoms with Gasteiger partial charge in [-0.15, -0.1) is 0 Å². The number of hydrogen-bond acceptors (Lipinski definition) is 0. The first kappa shape index (κ1) is 22.0. The van der Waals surface area contributed by atoms with Gasteiger partial charge in [-0.1, -0.05) is 0 Å². The Morgan fingerprint density at radius 3 is 2.14 bits per heavy atom. The molecular weight excluding hydrogens is 503 g/mol. The summed E-state index contributed by atoms with van der Waals surface area (Å²) < 4.78 is 2.25. The molecule has 1 unspecified atom stereocenters. The molecule has 0 N–H and O–H groups in total. The molecule has 0 radical (unpaired) electrons. The maximum absolute atomic E-state index is 2.61. The molecule has 2 aliphatic rings. The van der Waals surface area contributed by atoms with Crippen LogP contribution in [0.4, 0.5) is 0 Å². The summed E-state index contributed by atoms with van der Waals surface area (Å²) in [7, 11) is 0. The Morgan fingerprint density at radius 1 is 0.857 bits per heavy atom. The summed E-state index contributed by atoms with van der Waals surface area (Å²) in [4.78, 5) is 0. The van der Waals surface area contributed by atoms with Gasteiger partial charge in [0.25, 0.3) is 0 Å². The van der Waals surface area contributed by atoms with Crippen LogP contribution in [-0.2, 0) is 22.9 Å². The van der Waals surface area contributed by atoms with Crippen LogP contribution in [0.25, 0.3) is 6.08 Å². The zero-order valence-electron chi connectivity index (χ0n) is 18.9. The van der Waals surface area contributed by atoms with Gasteiger partial charge in [0, 0.05) is 0 Å². The molecule has 0 bridgehead atoms. The van der Waals surface area contributed by atoms with Gasteiger partial charge in [0.05, 0.1) is 0 Å². The van der Waals surface area contributed by atoms with E-state index in [0.717, 1.165) is 0 Å². The first-order valence-electron chi connectivity index (χ1n) is 11.3. The number of fused-ring (bicyclic) bond motifs is 1. The van der Waals surface area contributed by atoms with Crippen LogP contribution < -0.4 is 0 Å². The van der Waals surface area contributed by atoms with Gasteiger partial charge in [-0.25, -0.2) is 0 Å². The Hall–Kier alpha value is -0.690. The Bertz CT molecular complexity index is 781. The van der Waals surface area contributed by atoms with Crippen molar-refractivity contribution in [3.8, 4) is 0 Å². The number of hydrogen-bond donors (Lipinski definition) is 0. The Kier molecular flexibility index (Phi) is 7.40. The molecule has 150 valence electrons. The Labute approximate surface area is 184 Å². The maximum atomic E-state index is 2.61. The Balaban J connectivity index is 1.76. The van der Waals surface area contributed by atoms with Gasteiger partial charge in [0.1, 0.15) is 0 Å². The molecule has 0 nitrogen and oxygen atoms in total. The van der Waals surface area contributed by atoms with Crippen LogP contribution in [0.15, 0.2) is 49.9 Å². The third-order valence-corrected chi connectivity index (χ3v) is 14.8. The summed E-state index contributed by atoms with van der Waals surface area (Å²) in [6, 6.07) is 9.22. The van der Waals surface area contributed by atoms with E-state index in [1.54, 1.807) is 27.9 Å². The zero-order chi connectivity index (χ0) is 20.3. The molecule has 0 aliphatic heterocycles. The number of benzene rings is 1. The van der Waals surface area contributed by atoms with Crippen LogP contribution in [-0.4, -0.2) is 0 Å². The molecule has 0 heterocycles. The zero-order valence-corrected chi connectivity index (χ0v) is 22.5. The van der Waals surface area contributed by atoms with Gasteiger partial charge in [-0.2, -0.15) is 0 Å². The van der Waals surface area contributed by atoms with Crippen LogP contribution in [0, 0.1) is 0 Å². The van der Waals surface area contributed by atoms with Crippen molar-refractivity contribution in [3.05, 3.63) is 61.0 Å². The fraction of sp³-hybridized carbons (Fsp3) is 0.556. The molecule has 2 aliphatic carbocycles. The molecule has 1 aromatic carbocycles. The van der Waals surface area contributed by atoms with Gasteiger partial charge in [-0.3, -0.25) is 0 Å². The van der Waals surface area contributed by atoms with E-state index in [2.05, 4.69) is 71.9 Å². The number of unbranched alkanes of at least 4 members (excludes halogenated alkanes) is 5. The van der Waals surface area contributed by atoms with Crippen LogP contribution in [0.3, 0.4) is 0 Å². The molecule has 0 fully saturated rings. The molecule has 1 atom stereocenters. The van der Waals surface area contributed by atoms with Crippen LogP contribution in [0.5, 0.6) is 0 Å². The first-order valence-corrected chi connectivity index (χ1v) is 14.9. The molecule has 0 amide bonds. The SMILES string of the molecule is CCCCCCCCC1[C]([Hf][C]2(C)C(C)=C(C)C(C)=C2C)=Cc2ccccc21. The molecule has 0 aromatic heterocycles. The van der Waals surface area contributed by atoms with E-state index < -0.39 is 22.9 Å². The van der Waals surface area contributed by atoms with Crippen molar-refractivity contribution in [2.45, 2.75) is 95.6 Å². The third kappa shape index (κ3) is 4.25. The van der Waals surface area contributed by atoms with Crippen molar-refractivity contribution >= 4 is 6.08 Å². The van der Waals surface area contributed by atoms with Gasteiger partial charge >= 0.3 is 186 Å². The summed E-state index contributed by atoms with van der Waals surface area (Å²) in [5.74, 6) is 0.712. The quantitative estimate of drug-likeness (QED) is 0.217. The molecule has 1 aromatic rings. The number of allylic oxidation sites excluding steroid dienone is 5. The predicted molar refractivity (Wildman–Crippen MR) is 120 cm³/mol. The molecule has 0 saturated carbocycles. The summed E-state index contributed by atoms with van der Waals surface area (Å²) in [5, 5.41) is 0. The summed E-state index contributed by atoms with van der Waals surface area (Å²) >= 11 is -1.04. The minimum atomic E-state index is -1.04. The normalized spacial score (nSPS) is 20.6. The monoisotopic (exact) mass is 542 g/mol. The molecular formula is C27H38Hf. The summed E-state index contributed by atoms with van der Waals surface area (Å²) in [5.41, 5.74) is 9.60.